The van der Waals surface area contributed by atoms with Crippen molar-refractivity contribution in [2.75, 3.05) is 6.54 Å². The molecule has 0 fully saturated rings. The van der Waals surface area contributed by atoms with Crippen LogP contribution in [-0.2, 0) is 19.1 Å². The van der Waals surface area contributed by atoms with Gasteiger partial charge in [0.25, 0.3) is 0 Å². The minimum Gasteiger partial charge on any atom is -0.460 e. The van der Waals surface area contributed by atoms with Crippen LogP contribution >= 0.6 is 0 Å². The summed E-state index contributed by atoms with van der Waals surface area (Å²) in [7, 11) is 0. The van der Waals surface area contributed by atoms with Gasteiger partial charge in [-0.1, -0.05) is 41.0 Å². The lowest BCUT2D eigenvalue weighted by molar-refractivity contribution is -0.155. The number of hydrogen-bond donors (Lipinski definition) is 2. The fraction of sp³-hybridized carbons (Fsp3) is 0.842. The maximum atomic E-state index is 10.9. The number of ether oxygens (including phenoxy) is 2. The average Bonchev–Trinajstić information content (AvgIpc) is 2.45. The fourth-order valence-electron chi connectivity index (χ4n) is 0.951. The minimum atomic E-state index is -0.735. The largest absolute Gasteiger partial charge is 0.460 e. The van der Waals surface area contributed by atoms with Crippen LogP contribution in [-0.4, -0.2) is 35.7 Å². The van der Waals surface area contributed by atoms with Crippen molar-refractivity contribution in [2.45, 2.75) is 100 Å². The van der Waals surface area contributed by atoms with Crippen molar-refractivity contribution in [3.05, 3.63) is 0 Å². The molecule has 0 aliphatic rings. The standard InChI is InChI=1S/C7H14N2O3.C7H14O2.C3H8.C2H6/c1-7(2,3)12-5(10)4-9-6(8)11;1-5-6(8)9-7(2,3)4;1-3-2;1-2/h4H2,1-3H3,(H3,8,9,11);5H2,1-4H3;3H2,1-2H3;1-2H3. The van der Waals surface area contributed by atoms with Crippen molar-refractivity contribution in [1.29, 1.82) is 0 Å². The van der Waals surface area contributed by atoms with Crippen molar-refractivity contribution in [2.24, 2.45) is 5.73 Å². The summed E-state index contributed by atoms with van der Waals surface area (Å²) in [6.45, 7) is 20.7. The maximum absolute atomic E-state index is 10.9. The quantitative estimate of drug-likeness (QED) is 0.716. The minimum absolute atomic E-state index is 0.137. The van der Waals surface area contributed by atoms with Gasteiger partial charge >= 0.3 is 18.0 Å². The number of primary amides is 1. The van der Waals surface area contributed by atoms with Crippen LogP contribution in [0.25, 0.3) is 0 Å². The third kappa shape index (κ3) is 43.2. The third-order valence-electron chi connectivity index (χ3n) is 1.54. The summed E-state index contributed by atoms with van der Waals surface area (Å²) < 4.78 is 9.83. The van der Waals surface area contributed by atoms with Crippen LogP contribution in [0.2, 0.25) is 0 Å². The molecule has 158 valence electrons. The van der Waals surface area contributed by atoms with Gasteiger partial charge in [0.05, 0.1) is 0 Å². The number of urea groups is 1. The number of carbonyl (C=O) groups is 3. The van der Waals surface area contributed by atoms with Gasteiger partial charge < -0.3 is 20.5 Å². The van der Waals surface area contributed by atoms with Gasteiger partial charge in [-0.2, -0.15) is 0 Å². The highest BCUT2D eigenvalue weighted by Crippen LogP contribution is 2.07. The van der Waals surface area contributed by atoms with Crippen molar-refractivity contribution in [1.82, 2.24) is 5.32 Å². The van der Waals surface area contributed by atoms with Gasteiger partial charge in [-0.3, -0.25) is 9.59 Å². The summed E-state index contributed by atoms with van der Waals surface area (Å²) in [6, 6.07) is -0.735. The Morgan fingerprint density at radius 3 is 1.31 bits per heavy atom. The maximum Gasteiger partial charge on any atom is 0.325 e. The molecule has 7 nitrogen and oxygen atoms in total. The van der Waals surface area contributed by atoms with Gasteiger partial charge in [-0.05, 0) is 41.5 Å². The van der Waals surface area contributed by atoms with E-state index in [0.717, 1.165) is 0 Å². The molecule has 0 aromatic carbocycles. The van der Waals surface area contributed by atoms with E-state index in [1.165, 1.54) is 6.42 Å². The first-order valence-corrected chi connectivity index (χ1v) is 9.15. The van der Waals surface area contributed by atoms with E-state index < -0.39 is 17.6 Å². The molecule has 0 aliphatic carbocycles. The molecule has 0 spiro atoms. The molecule has 0 atom stereocenters. The molecular formula is C19H42N2O5. The molecule has 0 saturated heterocycles. The van der Waals surface area contributed by atoms with Crippen LogP contribution in [0.3, 0.4) is 0 Å². The average molecular weight is 379 g/mol. The predicted octanol–water partition coefficient (Wildman–Crippen LogP) is 4.18. The first kappa shape index (κ1) is 31.9. The number of amides is 2. The van der Waals surface area contributed by atoms with Gasteiger partial charge in [-0.25, -0.2) is 4.79 Å². The number of esters is 2. The smallest absolute Gasteiger partial charge is 0.325 e. The van der Waals surface area contributed by atoms with Gasteiger partial charge in [0.2, 0.25) is 0 Å². The van der Waals surface area contributed by atoms with Crippen molar-refractivity contribution >= 4 is 18.0 Å². The Morgan fingerprint density at radius 1 is 0.808 bits per heavy atom. The number of carbonyl (C=O) groups excluding carboxylic acids is 3. The zero-order valence-electron chi connectivity index (χ0n) is 18.7. The molecule has 0 bridgehead atoms. The molecule has 0 saturated carbocycles. The summed E-state index contributed by atoms with van der Waals surface area (Å²) in [6.07, 6.45) is 1.71. The van der Waals surface area contributed by atoms with Crippen LogP contribution in [0.4, 0.5) is 4.79 Å². The van der Waals surface area contributed by atoms with E-state index in [1.54, 1.807) is 27.7 Å². The number of nitrogens with two attached hydrogens (primary N) is 1. The SMILES string of the molecule is CC.CC(C)(C)OC(=O)CNC(N)=O.CCC.CCC(=O)OC(C)(C)C. The zero-order valence-corrected chi connectivity index (χ0v) is 18.7. The Hall–Kier alpha value is -1.79. The summed E-state index contributed by atoms with van der Waals surface area (Å²) >= 11 is 0. The van der Waals surface area contributed by atoms with E-state index in [2.05, 4.69) is 19.2 Å². The van der Waals surface area contributed by atoms with E-state index in [4.69, 9.17) is 15.2 Å². The molecule has 0 heterocycles. The van der Waals surface area contributed by atoms with Crippen molar-refractivity contribution in [3.8, 4) is 0 Å². The van der Waals surface area contributed by atoms with Crippen LogP contribution in [0.1, 0.15) is 89.0 Å². The van der Waals surface area contributed by atoms with Crippen molar-refractivity contribution < 1.29 is 23.9 Å². The van der Waals surface area contributed by atoms with E-state index >= 15 is 0 Å². The Bertz CT molecular complexity index is 369. The summed E-state index contributed by atoms with van der Waals surface area (Å²) in [5.41, 5.74) is 3.89. The second kappa shape index (κ2) is 18.0. The Labute approximate surface area is 160 Å². The Morgan fingerprint density at radius 2 is 1.12 bits per heavy atom. The van der Waals surface area contributed by atoms with Gasteiger partial charge in [0.15, 0.2) is 0 Å². The van der Waals surface area contributed by atoms with Gasteiger partial charge in [0.1, 0.15) is 17.7 Å². The second-order valence-electron chi connectivity index (χ2n) is 6.95. The zero-order chi connectivity index (χ0) is 22.0. The van der Waals surface area contributed by atoms with E-state index in [1.807, 2.05) is 34.6 Å². The van der Waals surface area contributed by atoms with Gasteiger partial charge in [-0.15, -0.1) is 0 Å². The monoisotopic (exact) mass is 378 g/mol. The van der Waals surface area contributed by atoms with E-state index in [9.17, 15) is 14.4 Å². The molecule has 0 unspecified atom stereocenters. The summed E-state index contributed by atoms with van der Waals surface area (Å²) in [5.74, 6) is -0.635. The molecule has 0 rings (SSSR count). The molecule has 0 aliphatic heterocycles. The topological polar surface area (TPSA) is 108 Å². The van der Waals surface area contributed by atoms with Crippen LogP contribution in [0.15, 0.2) is 0 Å². The predicted molar refractivity (Wildman–Crippen MR) is 107 cm³/mol. The fourth-order valence-corrected chi connectivity index (χ4v) is 0.951. The highest BCUT2D eigenvalue weighted by Gasteiger charge is 2.16. The van der Waals surface area contributed by atoms with Gasteiger partial charge in [0, 0.05) is 6.42 Å². The lowest BCUT2D eigenvalue weighted by atomic mass is 10.2. The summed E-state index contributed by atoms with van der Waals surface area (Å²) in [5, 5.41) is 2.13. The van der Waals surface area contributed by atoms with E-state index in [-0.39, 0.29) is 18.1 Å². The van der Waals surface area contributed by atoms with Crippen LogP contribution < -0.4 is 11.1 Å². The summed E-state index contributed by atoms with van der Waals surface area (Å²) in [4.78, 5) is 31.6. The first-order valence-electron chi connectivity index (χ1n) is 9.15. The van der Waals surface area contributed by atoms with Crippen LogP contribution in [0, 0.1) is 0 Å². The van der Waals surface area contributed by atoms with Crippen LogP contribution in [0.5, 0.6) is 0 Å². The molecule has 0 aromatic heterocycles. The number of rotatable bonds is 3. The number of nitrogens with one attached hydrogen (secondary N) is 1. The third-order valence-corrected chi connectivity index (χ3v) is 1.54. The second-order valence-corrected chi connectivity index (χ2v) is 6.95. The lowest BCUT2D eigenvalue weighted by Gasteiger charge is -2.19. The molecule has 2 amide bonds. The molecule has 7 heteroatoms. The lowest BCUT2D eigenvalue weighted by Crippen LogP contribution is -2.37. The highest BCUT2D eigenvalue weighted by atomic mass is 16.6. The molecular weight excluding hydrogens is 336 g/mol. The normalized spacial score (nSPS) is 9.65. The molecule has 0 radical (unpaired) electrons. The molecule has 26 heavy (non-hydrogen) atoms. The number of hydrogen-bond acceptors (Lipinski definition) is 5. The highest BCUT2D eigenvalue weighted by molar-refractivity contribution is 5.79. The molecule has 3 N–H and O–H groups in total. The molecule has 0 aromatic rings. The Balaban J connectivity index is -0.000000152. The Kier molecular flexibility index (Phi) is 22.1. The van der Waals surface area contributed by atoms with Crippen molar-refractivity contribution in [3.63, 3.8) is 0 Å². The first-order chi connectivity index (χ1) is 11.7. The van der Waals surface area contributed by atoms with E-state index in [0.29, 0.717) is 6.42 Å².